The Morgan fingerprint density at radius 1 is 1.20 bits per heavy atom. The molecule has 8 nitrogen and oxygen atoms in total. The molecule has 2 aromatic carbocycles. The van der Waals surface area contributed by atoms with Crippen LogP contribution in [0.3, 0.4) is 0 Å². The Labute approximate surface area is 172 Å². The van der Waals surface area contributed by atoms with Crippen molar-refractivity contribution < 1.29 is 24.0 Å². The molecule has 30 heavy (non-hydrogen) atoms. The number of anilines is 1. The largest absolute Gasteiger partial charge is 0.451 e. The second kappa shape index (κ2) is 8.69. The van der Waals surface area contributed by atoms with Gasteiger partial charge in [0.15, 0.2) is 6.10 Å². The van der Waals surface area contributed by atoms with Crippen LogP contribution in [0.4, 0.5) is 11.4 Å². The van der Waals surface area contributed by atoms with Gasteiger partial charge in [-0.25, -0.2) is 4.79 Å². The summed E-state index contributed by atoms with van der Waals surface area (Å²) in [5.41, 5.74) is 2.48. The van der Waals surface area contributed by atoms with Crippen LogP contribution in [0.15, 0.2) is 48.5 Å². The van der Waals surface area contributed by atoms with Gasteiger partial charge in [-0.3, -0.25) is 19.7 Å². The first kappa shape index (κ1) is 20.9. The van der Waals surface area contributed by atoms with Crippen LogP contribution >= 0.6 is 0 Å². The lowest BCUT2D eigenvalue weighted by atomic mass is 10.0. The van der Waals surface area contributed by atoms with Gasteiger partial charge >= 0.3 is 5.97 Å². The van der Waals surface area contributed by atoms with Crippen molar-refractivity contribution in [3.05, 3.63) is 75.3 Å². The van der Waals surface area contributed by atoms with E-state index in [1.165, 1.54) is 38.1 Å². The van der Waals surface area contributed by atoms with Crippen molar-refractivity contribution in [2.24, 2.45) is 0 Å². The van der Waals surface area contributed by atoms with E-state index in [1.807, 2.05) is 0 Å². The summed E-state index contributed by atoms with van der Waals surface area (Å²) in [5, 5.41) is 10.8. The standard InChI is InChI=1S/C22H20N2O6/c1-14(30-21(26)9-6-16-4-3-5-19(12-16)24(28)29)22(27)18-7-8-20-17(13-18)10-11-23(20)15(2)25/h3-9,12-14H,10-11H2,1-2H3/b9-6+. The first-order valence-corrected chi connectivity index (χ1v) is 9.34. The number of rotatable bonds is 6. The van der Waals surface area contributed by atoms with Crippen molar-refractivity contribution in [1.82, 2.24) is 0 Å². The number of carbonyl (C=O) groups excluding carboxylic acids is 3. The highest BCUT2D eigenvalue weighted by Gasteiger charge is 2.25. The number of hydrogen-bond acceptors (Lipinski definition) is 6. The lowest BCUT2D eigenvalue weighted by Crippen LogP contribution is -2.26. The molecule has 1 atom stereocenters. The molecule has 0 aromatic heterocycles. The fourth-order valence-corrected chi connectivity index (χ4v) is 3.29. The van der Waals surface area contributed by atoms with Gasteiger partial charge in [-0.2, -0.15) is 0 Å². The number of ether oxygens (including phenoxy) is 1. The molecule has 0 spiro atoms. The molecule has 0 radical (unpaired) electrons. The monoisotopic (exact) mass is 408 g/mol. The fraction of sp³-hybridized carbons (Fsp3) is 0.227. The van der Waals surface area contributed by atoms with E-state index in [1.54, 1.807) is 29.2 Å². The summed E-state index contributed by atoms with van der Waals surface area (Å²) in [5.74, 6) is -1.13. The summed E-state index contributed by atoms with van der Waals surface area (Å²) in [6.07, 6.45) is 2.17. The van der Waals surface area contributed by atoms with Gasteiger partial charge in [-0.15, -0.1) is 0 Å². The maximum Gasteiger partial charge on any atom is 0.331 e. The van der Waals surface area contributed by atoms with Crippen LogP contribution < -0.4 is 4.90 Å². The highest BCUT2D eigenvalue weighted by atomic mass is 16.6. The average molecular weight is 408 g/mol. The van der Waals surface area contributed by atoms with E-state index in [-0.39, 0.29) is 17.4 Å². The zero-order valence-electron chi connectivity index (χ0n) is 16.5. The summed E-state index contributed by atoms with van der Waals surface area (Å²) in [6, 6.07) is 10.9. The molecule has 0 saturated heterocycles. The zero-order chi connectivity index (χ0) is 21.8. The molecule has 0 aliphatic carbocycles. The lowest BCUT2D eigenvalue weighted by Gasteiger charge is -2.15. The number of non-ortho nitro benzene ring substituents is 1. The molecule has 0 N–H and O–H groups in total. The van der Waals surface area contributed by atoms with E-state index >= 15 is 0 Å². The van der Waals surface area contributed by atoms with Gasteiger partial charge in [-0.1, -0.05) is 12.1 Å². The van der Waals surface area contributed by atoms with Gasteiger partial charge in [0, 0.05) is 42.9 Å². The predicted molar refractivity (Wildman–Crippen MR) is 110 cm³/mol. The molecule has 1 amide bonds. The number of amides is 1. The van der Waals surface area contributed by atoms with Crippen molar-refractivity contribution in [1.29, 1.82) is 0 Å². The van der Waals surface area contributed by atoms with Crippen LogP contribution in [0.5, 0.6) is 0 Å². The molecular weight excluding hydrogens is 388 g/mol. The third kappa shape index (κ3) is 4.60. The van der Waals surface area contributed by atoms with Crippen LogP contribution in [0.2, 0.25) is 0 Å². The topological polar surface area (TPSA) is 107 Å². The number of fused-ring (bicyclic) bond motifs is 1. The van der Waals surface area contributed by atoms with Gasteiger partial charge < -0.3 is 9.64 Å². The molecular formula is C22H20N2O6. The summed E-state index contributed by atoms with van der Waals surface area (Å²) < 4.78 is 5.17. The fourth-order valence-electron chi connectivity index (χ4n) is 3.29. The van der Waals surface area contributed by atoms with Crippen molar-refractivity contribution in [3.8, 4) is 0 Å². The first-order valence-electron chi connectivity index (χ1n) is 9.34. The number of hydrogen-bond donors (Lipinski definition) is 0. The van der Waals surface area contributed by atoms with Gasteiger partial charge in [0.2, 0.25) is 11.7 Å². The molecule has 0 fully saturated rings. The average Bonchev–Trinajstić information content (AvgIpc) is 3.15. The molecule has 1 aliphatic heterocycles. The summed E-state index contributed by atoms with van der Waals surface area (Å²) in [6.45, 7) is 3.56. The zero-order valence-corrected chi connectivity index (χ0v) is 16.5. The molecule has 3 rings (SSSR count). The highest BCUT2D eigenvalue weighted by Crippen LogP contribution is 2.29. The van der Waals surface area contributed by atoms with E-state index in [9.17, 15) is 24.5 Å². The van der Waals surface area contributed by atoms with E-state index < -0.39 is 17.0 Å². The molecule has 154 valence electrons. The Morgan fingerprint density at radius 3 is 2.67 bits per heavy atom. The number of benzene rings is 2. The molecule has 1 aliphatic rings. The number of carbonyl (C=O) groups is 3. The van der Waals surface area contributed by atoms with Crippen LogP contribution in [0.1, 0.15) is 35.3 Å². The molecule has 1 heterocycles. The van der Waals surface area contributed by atoms with E-state index in [0.717, 1.165) is 17.3 Å². The van der Waals surface area contributed by atoms with Crippen molar-refractivity contribution in [3.63, 3.8) is 0 Å². The summed E-state index contributed by atoms with van der Waals surface area (Å²) >= 11 is 0. The van der Waals surface area contributed by atoms with E-state index in [0.29, 0.717) is 24.1 Å². The Kier molecular flexibility index (Phi) is 6.06. The quantitative estimate of drug-likeness (QED) is 0.239. The third-order valence-electron chi connectivity index (χ3n) is 4.79. The Bertz CT molecular complexity index is 1060. The lowest BCUT2D eigenvalue weighted by molar-refractivity contribution is -0.384. The van der Waals surface area contributed by atoms with Gasteiger partial charge in [0.25, 0.3) is 5.69 Å². The predicted octanol–water partition coefficient (Wildman–Crippen LogP) is 3.33. The van der Waals surface area contributed by atoms with Crippen LogP contribution in [0.25, 0.3) is 6.08 Å². The minimum atomic E-state index is -1.00. The smallest absolute Gasteiger partial charge is 0.331 e. The van der Waals surface area contributed by atoms with Crippen LogP contribution in [-0.2, 0) is 20.7 Å². The SMILES string of the molecule is CC(=O)N1CCc2cc(C(=O)C(C)OC(=O)/C=C/c3cccc([N+](=O)[O-])c3)ccc21. The van der Waals surface area contributed by atoms with Crippen LogP contribution in [0, 0.1) is 10.1 Å². The number of nitro groups is 1. The molecule has 0 saturated carbocycles. The van der Waals surface area contributed by atoms with Crippen molar-refractivity contribution >= 4 is 35.1 Å². The van der Waals surface area contributed by atoms with Gasteiger partial charge in [0.05, 0.1) is 4.92 Å². The second-order valence-corrected chi connectivity index (χ2v) is 6.89. The Hall–Kier alpha value is -3.81. The minimum absolute atomic E-state index is 0.0503. The van der Waals surface area contributed by atoms with E-state index in [2.05, 4.69) is 0 Å². The summed E-state index contributed by atoms with van der Waals surface area (Å²) in [4.78, 5) is 48.2. The number of Topliss-reactive ketones (excluding diaryl/α,β-unsaturated/α-hetero) is 1. The maximum absolute atomic E-state index is 12.6. The number of nitro benzene ring substituents is 1. The molecule has 8 heteroatoms. The normalized spacial score (nSPS) is 13.7. The molecule has 0 bridgehead atoms. The number of nitrogens with zero attached hydrogens (tertiary/aromatic N) is 2. The highest BCUT2D eigenvalue weighted by molar-refractivity contribution is 6.02. The second-order valence-electron chi connectivity index (χ2n) is 6.89. The van der Waals surface area contributed by atoms with Crippen molar-refractivity contribution in [2.45, 2.75) is 26.4 Å². The van der Waals surface area contributed by atoms with Crippen molar-refractivity contribution in [2.75, 3.05) is 11.4 Å². The third-order valence-corrected chi connectivity index (χ3v) is 4.79. The minimum Gasteiger partial charge on any atom is -0.451 e. The summed E-state index contributed by atoms with van der Waals surface area (Å²) in [7, 11) is 0. The number of ketones is 1. The Balaban J connectivity index is 1.64. The number of esters is 1. The Morgan fingerprint density at radius 2 is 1.97 bits per heavy atom. The van der Waals surface area contributed by atoms with Gasteiger partial charge in [0.1, 0.15) is 0 Å². The van der Waals surface area contributed by atoms with E-state index in [4.69, 9.17) is 4.74 Å². The van der Waals surface area contributed by atoms with Crippen LogP contribution in [-0.4, -0.2) is 35.2 Å². The first-order chi connectivity index (χ1) is 14.3. The van der Waals surface area contributed by atoms with Gasteiger partial charge in [-0.05, 0) is 48.7 Å². The maximum atomic E-state index is 12.6. The molecule has 1 unspecified atom stereocenters. The molecule has 2 aromatic rings.